The third-order valence-corrected chi connectivity index (χ3v) is 5.58. The van der Waals surface area contributed by atoms with E-state index in [9.17, 15) is 4.79 Å². The minimum absolute atomic E-state index is 0.130. The molecule has 0 saturated carbocycles. The van der Waals surface area contributed by atoms with Gasteiger partial charge in [0, 0.05) is 17.8 Å². The molecule has 1 amide bonds. The predicted molar refractivity (Wildman–Crippen MR) is 105 cm³/mol. The van der Waals surface area contributed by atoms with Crippen molar-refractivity contribution in [3.05, 3.63) is 59.9 Å². The van der Waals surface area contributed by atoms with E-state index in [4.69, 9.17) is 4.74 Å². The van der Waals surface area contributed by atoms with Crippen LogP contribution in [0.5, 0.6) is 5.75 Å². The summed E-state index contributed by atoms with van der Waals surface area (Å²) in [6, 6.07) is 14.1. The van der Waals surface area contributed by atoms with Crippen molar-refractivity contribution in [3.63, 3.8) is 0 Å². The molecule has 2 aliphatic rings. The van der Waals surface area contributed by atoms with Gasteiger partial charge < -0.3 is 15.0 Å². The number of amides is 1. The predicted octanol–water partition coefficient (Wildman–Crippen LogP) is 3.12. The van der Waals surface area contributed by atoms with Crippen LogP contribution in [0.3, 0.4) is 0 Å². The number of hydrogen-bond donors (Lipinski definition) is 1. The van der Waals surface area contributed by atoms with Gasteiger partial charge in [-0.15, -0.1) is 0 Å². The number of ether oxygens (including phenoxy) is 1. The number of carbonyl (C=O) groups excluding carboxylic acids is 1. The second kappa shape index (κ2) is 8.53. The maximum absolute atomic E-state index is 13.7. The van der Waals surface area contributed by atoms with Crippen molar-refractivity contribution in [2.24, 2.45) is 0 Å². The number of hydrogen-bond acceptors (Lipinski definition) is 4. The Morgan fingerprint density at radius 2 is 2.00 bits per heavy atom. The van der Waals surface area contributed by atoms with Crippen molar-refractivity contribution >= 4 is 5.91 Å². The van der Waals surface area contributed by atoms with E-state index in [0.717, 1.165) is 55.8 Å². The number of nitrogens with zero attached hydrogens (tertiary/aromatic N) is 2. The third kappa shape index (κ3) is 4.14. The largest absolute Gasteiger partial charge is 0.493 e. The lowest BCUT2D eigenvalue weighted by molar-refractivity contribution is -0.137. The van der Waals surface area contributed by atoms with Crippen LogP contribution in [-0.4, -0.2) is 41.5 Å². The Balaban J connectivity index is 1.62. The standard InChI is InChI=1S/C22H27N3O2/c26-22(20-11-15-27-21-9-2-1-8-19(20)21)25(16-17-6-3-4-13-24-17)18-7-5-12-23-14-10-18/h1-4,6,8-9,13,18,20,23H,5,7,10-12,14-16H2. The number of aromatic nitrogens is 1. The molecule has 3 heterocycles. The Hall–Kier alpha value is -2.40. The molecule has 0 radical (unpaired) electrons. The fourth-order valence-electron chi connectivity index (χ4n) is 4.16. The molecule has 0 aliphatic carbocycles. The first-order valence-electron chi connectivity index (χ1n) is 9.96. The van der Waals surface area contributed by atoms with Crippen LogP contribution in [0.2, 0.25) is 0 Å². The molecular weight excluding hydrogens is 338 g/mol. The van der Waals surface area contributed by atoms with Crippen LogP contribution < -0.4 is 10.1 Å². The Morgan fingerprint density at radius 3 is 2.89 bits per heavy atom. The molecule has 27 heavy (non-hydrogen) atoms. The van der Waals surface area contributed by atoms with Gasteiger partial charge in [0.15, 0.2) is 0 Å². The van der Waals surface area contributed by atoms with Gasteiger partial charge in [-0.2, -0.15) is 0 Å². The van der Waals surface area contributed by atoms with Crippen molar-refractivity contribution in [3.8, 4) is 5.75 Å². The molecule has 1 aromatic heterocycles. The van der Waals surface area contributed by atoms with E-state index in [0.29, 0.717) is 13.2 Å². The Kier molecular flexibility index (Phi) is 5.68. The normalized spacial score (nSPS) is 22.2. The molecule has 2 atom stereocenters. The van der Waals surface area contributed by atoms with Crippen LogP contribution in [0.15, 0.2) is 48.7 Å². The number of nitrogens with one attached hydrogen (secondary N) is 1. The van der Waals surface area contributed by atoms with Crippen LogP contribution in [-0.2, 0) is 11.3 Å². The van der Waals surface area contributed by atoms with Crippen molar-refractivity contribution in [1.82, 2.24) is 15.2 Å². The number of para-hydroxylation sites is 1. The molecule has 2 aliphatic heterocycles. The zero-order valence-corrected chi connectivity index (χ0v) is 15.6. The van der Waals surface area contributed by atoms with Crippen LogP contribution in [0.25, 0.3) is 0 Å². The molecule has 2 aromatic rings. The van der Waals surface area contributed by atoms with Crippen LogP contribution >= 0.6 is 0 Å². The van der Waals surface area contributed by atoms with Crippen LogP contribution in [0, 0.1) is 0 Å². The quantitative estimate of drug-likeness (QED) is 0.905. The van der Waals surface area contributed by atoms with E-state index >= 15 is 0 Å². The summed E-state index contributed by atoms with van der Waals surface area (Å²) >= 11 is 0. The minimum atomic E-state index is -0.130. The highest BCUT2D eigenvalue weighted by molar-refractivity contribution is 5.85. The lowest BCUT2D eigenvalue weighted by atomic mass is 9.90. The van der Waals surface area contributed by atoms with Gasteiger partial charge in [0.2, 0.25) is 5.91 Å². The highest BCUT2D eigenvalue weighted by atomic mass is 16.5. The Labute approximate surface area is 160 Å². The number of benzene rings is 1. The summed E-state index contributed by atoms with van der Waals surface area (Å²) in [5, 5.41) is 3.46. The second-order valence-electron chi connectivity index (χ2n) is 7.35. The third-order valence-electron chi connectivity index (χ3n) is 5.58. The van der Waals surface area contributed by atoms with E-state index in [1.165, 1.54) is 0 Å². The minimum Gasteiger partial charge on any atom is -0.493 e. The summed E-state index contributed by atoms with van der Waals surface area (Å²) < 4.78 is 5.77. The van der Waals surface area contributed by atoms with Crippen LogP contribution in [0.4, 0.5) is 0 Å². The summed E-state index contributed by atoms with van der Waals surface area (Å²) in [6.07, 6.45) is 5.66. The summed E-state index contributed by atoms with van der Waals surface area (Å²) in [5.41, 5.74) is 1.97. The van der Waals surface area contributed by atoms with Gasteiger partial charge in [0.25, 0.3) is 0 Å². The zero-order valence-electron chi connectivity index (χ0n) is 15.6. The highest BCUT2D eigenvalue weighted by Crippen LogP contribution is 2.35. The lowest BCUT2D eigenvalue weighted by Gasteiger charge is -2.35. The summed E-state index contributed by atoms with van der Waals surface area (Å²) in [5.74, 6) is 0.931. The molecule has 4 rings (SSSR count). The van der Waals surface area contributed by atoms with Gasteiger partial charge in [0.05, 0.1) is 24.8 Å². The maximum Gasteiger partial charge on any atom is 0.230 e. The van der Waals surface area contributed by atoms with Crippen molar-refractivity contribution in [1.29, 1.82) is 0 Å². The lowest BCUT2D eigenvalue weighted by Crippen LogP contribution is -2.44. The van der Waals surface area contributed by atoms with Gasteiger partial charge >= 0.3 is 0 Å². The summed E-state index contributed by atoms with van der Waals surface area (Å²) in [6.45, 7) is 3.16. The monoisotopic (exact) mass is 365 g/mol. The number of rotatable bonds is 4. The van der Waals surface area contributed by atoms with Crippen molar-refractivity contribution in [2.45, 2.75) is 44.2 Å². The Bertz CT molecular complexity index is 757. The molecule has 1 fully saturated rings. The maximum atomic E-state index is 13.7. The van der Waals surface area contributed by atoms with E-state index in [-0.39, 0.29) is 17.9 Å². The van der Waals surface area contributed by atoms with E-state index in [1.807, 2.05) is 42.5 Å². The first kappa shape index (κ1) is 18.0. The van der Waals surface area contributed by atoms with Gasteiger partial charge in [0.1, 0.15) is 5.75 Å². The SMILES string of the molecule is O=C(C1CCOc2ccccc21)N(Cc1ccccn1)C1CCCNCC1. The molecule has 5 nitrogen and oxygen atoms in total. The van der Waals surface area contributed by atoms with Crippen molar-refractivity contribution < 1.29 is 9.53 Å². The Morgan fingerprint density at radius 1 is 1.11 bits per heavy atom. The highest BCUT2D eigenvalue weighted by Gasteiger charge is 2.34. The first-order chi connectivity index (χ1) is 13.3. The molecule has 1 N–H and O–H groups in total. The summed E-state index contributed by atoms with van der Waals surface area (Å²) in [7, 11) is 0. The fraction of sp³-hybridized carbons (Fsp3) is 0.455. The van der Waals surface area contributed by atoms with Gasteiger partial charge in [-0.05, 0) is 57.0 Å². The molecule has 1 saturated heterocycles. The fourth-order valence-corrected chi connectivity index (χ4v) is 4.16. The molecule has 142 valence electrons. The topological polar surface area (TPSA) is 54.5 Å². The number of fused-ring (bicyclic) bond motifs is 1. The number of pyridine rings is 1. The van der Waals surface area contributed by atoms with Gasteiger partial charge in [-0.1, -0.05) is 24.3 Å². The second-order valence-corrected chi connectivity index (χ2v) is 7.35. The van der Waals surface area contributed by atoms with Crippen molar-refractivity contribution in [2.75, 3.05) is 19.7 Å². The van der Waals surface area contributed by atoms with E-state index in [1.54, 1.807) is 6.20 Å². The average Bonchev–Trinajstić information content (AvgIpc) is 3.01. The molecule has 5 heteroatoms. The van der Waals surface area contributed by atoms with Crippen LogP contribution in [0.1, 0.15) is 42.9 Å². The number of carbonyl (C=O) groups is 1. The van der Waals surface area contributed by atoms with E-state index in [2.05, 4.69) is 15.2 Å². The smallest absolute Gasteiger partial charge is 0.230 e. The average molecular weight is 365 g/mol. The molecule has 0 spiro atoms. The first-order valence-corrected chi connectivity index (χ1v) is 9.96. The van der Waals surface area contributed by atoms with Gasteiger partial charge in [-0.25, -0.2) is 0 Å². The molecular formula is C22H27N3O2. The van der Waals surface area contributed by atoms with Gasteiger partial charge in [-0.3, -0.25) is 9.78 Å². The molecule has 1 aromatic carbocycles. The zero-order chi connectivity index (χ0) is 18.5. The van der Waals surface area contributed by atoms with E-state index < -0.39 is 0 Å². The summed E-state index contributed by atoms with van der Waals surface area (Å²) in [4.78, 5) is 20.3. The molecule has 2 unspecified atom stereocenters. The molecule has 0 bridgehead atoms.